The van der Waals surface area contributed by atoms with Crippen LogP contribution in [0, 0.1) is 0 Å². The minimum atomic E-state index is -0.171. The van der Waals surface area contributed by atoms with E-state index in [0.717, 1.165) is 38.6 Å². The molecule has 2 nitrogen and oxygen atoms in total. The van der Waals surface area contributed by atoms with Gasteiger partial charge in [0, 0.05) is 0 Å². The van der Waals surface area contributed by atoms with Crippen molar-refractivity contribution in [2.24, 2.45) is 5.73 Å². The van der Waals surface area contributed by atoms with Crippen LogP contribution in [0.1, 0.15) is 32.1 Å². The molecule has 1 aliphatic rings. The number of allylic oxidation sites excluding steroid dienone is 1. The van der Waals surface area contributed by atoms with Gasteiger partial charge in [-0.25, -0.2) is 0 Å². The molecule has 1 aliphatic carbocycles. The normalized spacial score (nSPS) is 24.9. The van der Waals surface area contributed by atoms with Crippen molar-refractivity contribution >= 4 is 0 Å². The Labute approximate surface area is 68.1 Å². The Morgan fingerprint density at radius 2 is 2.45 bits per heavy atom. The zero-order valence-corrected chi connectivity index (χ0v) is 6.92. The fraction of sp³-hybridized carbons (Fsp3) is 0.778. The second kappa shape index (κ2) is 4.52. The summed E-state index contributed by atoms with van der Waals surface area (Å²) in [6.07, 6.45) is 7.20. The van der Waals surface area contributed by atoms with Crippen LogP contribution in [-0.2, 0) is 0 Å². The molecule has 0 amide bonds. The maximum atomic E-state index is 9.49. The van der Waals surface area contributed by atoms with Crippen molar-refractivity contribution in [1.82, 2.24) is 0 Å². The van der Waals surface area contributed by atoms with E-state index in [1.807, 2.05) is 0 Å². The summed E-state index contributed by atoms with van der Waals surface area (Å²) < 4.78 is 0. The first-order chi connectivity index (χ1) is 5.34. The number of aliphatic hydroxyl groups excluding tert-OH is 1. The molecule has 0 heterocycles. The van der Waals surface area contributed by atoms with Crippen molar-refractivity contribution < 1.29 is 5.11 Å². The zero-order valence-electron chi connectivity index (χ0n) is 6.92. The summed E-state index contributed by atoms with van der Waals surface area (Å²) in [7, 11) is 0. The quantitative estimate of drug-likeness (QED) is 0.601. The molecule has 0 aromatic heterocycles. The van der Waals surface area contributed by atoms with Gasteiger partial charge < -0.3 is 10.8 Å². The first-order valence-corrected chi connectivity index (χ1v) is 4.41. The fourth-order valence-electron chi connectivity index (χ4n) is 1.49. The van der Waals surface area contributed by atoms with Gasteiger partial charge in [0.1, 0.15) is 0 Å². The third-order valence-corrected chi connectivity index (χ3v) is 2.19. The number of aliphatic hydroxyl groups is 1. The molecule has 1 atom stereocenters. The van der Waals surface area contributed by atoms with Gasteiger partial charge in [-0.3, -0.25) is 0 Å². The summed E-state index contributed by atoms with van der Waals surface area (Å²) in [6.45, 7) is 0.726. The van der Waals surface area contributed by atoms with E-state index in [2.05, 4.69) is 6.08 Å². The lowest BCUT2D eigenvalue weighted by Gasteiger charge is -2.18. The predicted molar refractivity (Wildman–Crippen MR) is 46.2 cm³/mol. The van der Waals surface area contributed by atoms with Crippen molar-refractivity contribution in [3.05, 3.63) is 11.6 Å². The van der Waals surface area contributed by atoms with Gasteiger partial charge in [-0.1, -0.05) is 6.08 Å². The second-order valence-electron chi connectivity index (χ2n) is 3.12. The zero-order chi connectivity index (χ0) is 8.10. The molecule has 64 valence electrons. The Kier molecular flexibility index (Phi) is 3.60. The minimum Gasteiger partial charge on any atom is -0.389 e. The first kappa shape index (κ1) is 8.75. The second-order valence-corrected chi connectivity index (χ2v) is 3.12. The number of rotatable bonds is 3. The maximum Gasteiger partial charge on any atom is 0.0750 e. The Morgan fingerprint density at radius 1 is 1.64 bits per heavy atom. The lowest BCUT2D eigenvalue weighted by molar-refractivity contribution is 0.186. The average molecular weight is 155 g/mol. The topological polar surface area (TPSA) is 46.2 Å². The van der Waals surface area contributed by atoms with Crippen LogP contribution in [0.5, 0.6) is 0 Å². The summed E-state index contributed by atoms with van der Waals surface area (Å²) in [4.78, 5) is 0. The van der Waals surface area contributed by atoms with Crippen LogP contribution in [0.15, 0.2) is 11.6 Å². The van der Waals surface area contributed by atoms with E-state index in [0.29, 0.717) is 0 Å². The maximum absolute atomic E-state index is 9.49. The molecule has 1 rings (SSSR count). The molecule has 0 aliphatic heterocycles. The largest absolute Gasteiger partial charge is 0.389 e. The molecule has 0 radical (unpaired) electrons. The molecule has 0 spiro atoms. The monoisotopic (exact) mass is 155 g/mol. The van der Waals surface area contributed by atoms with E-state index in [-0.39, 0.29) is 6.10 Å². The Balaban J connectivity index is 2.34. The third kappa shape index (κ3) is 2.64. The van der Waals surface area contributed by atoms with E-state index >= 15 is 0 Å². The Bertz CT molecular complexity index is 142. The molecule has 0 aromatic rings. The summed E-state index contributed by atoms with van der Waals surface area (Å²) in [6, 6.07) is 0. The van der Waals surface area contributed by atoms with Gasteiger partial charge in [-0.2, -0.15) is 0 Å². The minimum absolute atomic E-state index is 0.171. The van der Waals surface area contributed by atoms with E-state index in [1.165, 1.54) is 5.57 Å². The van der Waals surface area contributed by atoms with Crippen LogP contribution in [0.4, 0.5) is 0 Å². The van der Waals surface area contributed by atoms with Gasteiger partial charge in [-0.05, 0) is 44.2 Å². The summed E-state index contributed by atoms with van der Waals surface area (Å²) >= 11 is 0. The Hall–Kier alpha value is -0.340. The Morgan fingerprint density at radius 3 is 3.09 bits per heavy atom. The third-order valence-electron chi connectivity index (χ3n) is 2.19. The van der Waals surface area contributed by atoms with Crippen LogP contribution >= 0.6 is 0 Å². The highest BCUT2D eigenvalue weighted by atomic mass is 16.3. The van der Waals surface area contributed by atoms with Gasteiger partial charge in [0.25, 0.3) is 0 Å². The van der Waals surface area contributed by atoms with Crippen LogP contribution in [0.25, 0.3) is 0 Å². The SMILES string of the molecule is NCCCC1=CCCCC1O. The van der Waals surface area contributed by atoms with Gasteiger partial charge in [0.2, 0.25) is 0 Å². The van der Waals surface area contributed by atoms with Crippen LogP contribution in [-0.4, -0.2) is 17.8 Å². The van der Waals surface area contributed by atoms with E-state index in [1.54, 1.807) is 0 Å². The molecular weight excluding hydrogens is 138 g/mol. The van der Waals surface area contributed by atoms with Crippen molar-refractivity contribution in [1.29, 1.82) is 0 Å². The molecular formula is C9H17NO. The average Bonchev–Trinajstić information content (AvgIpc) is 2.03. The van der Waals surface area contributed by atoms with Gasteiger partial charge >= 0.3 is 0 Å². The molecule has 0 aromatic carbocycles. The highest BCUT2D eigenvalue weighted by Crippen LogP contribution is 2.21. The smallest absolute Gasteiger partial charge is 0.0750 e. The van der Waals surface area contributed by atoms with Crippen molar-refractivity contribution in [2.75, 3.05) is 6.54 Å². The molecule has 1 unspecified atom stereocenters. The molecule has 0 saturated carbocycles. The van der Waals surface area contributed by atoms with Crippen molar-refractivity contribution in [3.8, 4) is 0 Å². The molecule has 2 heteroatoms. The lowest BCUT2D eigenvalue weighted by atomic mass is 9.93. The predicted octanol–water partition coefficient (Wildman–Crippen LogP) is 1.20. The van der Waals surface area contributed by atoms with E-state index < -0.39 is 0 Å². The van der Waals surface area contributed by atoms with Crippen molar-refractivity contribution in [2.45, 2.75) is 38.2 Å². The highest BCUT2D eigenvalue weighted by molar-refractivity contribution is 5.10. The van der Waals surface area contributed by atoms with E-state index in [4.69, 9.17) is 5.73 Å². The van der Waals surface area contributed by atoms with E-state index in [9.17, 15) is 5.11 Å². The van der Waals surface area contributed by atoms with Crippen LogP contribution in [0.2, 0.25) is 0 Å². The summed E-state index contributed by atoms with van der Waals surface area (Å²) in [5.74, 6) is 0. The lowest BCUT2D eigenvalue weighted by Crippen LogP contribution is -2.14. The highest BCUT2D eigenvalue weighted by Gasteiger charge is 2.13. The van der Waals surface area contributed by atoms with Crippen LogP contribution in [0.3, 0.4) is 0 Å². The number of nitrogens with two attached hydrogens (primary N) is 1. The summed E-state index contributed by atoms with van der Waals surface area (Å²) in [5, 5.41) is 9.49. The van der Waals surface area contributed by atoms with Gasteiger partial charge in [0.05, 0.1) is 6.10 Å². The molecule has 0 fully saturated rings. The number of hydrogen-bond acceptors (Lipinski definition) is 2. The van der Waals surface area contributed by atoms with Gasteiger partial charge in [0.15, 0.2) is 0 Å². The first-order valence-electron chi connectivity index (χ1n) is 4.41. The standard InChI is InChI=1S/C9H17NO/c10-7-3-5-8-4-1-2-6-9(8)11/h4,9,11H,1-3,5-7,10H2. The summed E-state index contributed by atoms with van der Waals surface area (Å²) in [5.41, 5.74) is 6.59. The molecule has 11 heavy (non-hydrogen) atoms. The van der Waals surface area contributed by atoms with Crippen LogP contribution < -0.4 is 5.73 Å². The molecule has 0 saturated heterocycles. The molecule has 0 bridgehead atoms. The fourth-order valence-corrected chi connectivity index (χ4v) is 1.49. The number of hydrogen-bond donors (Lipinski definition) is 2. The van der Waals surface area contributed by atoms with Crippen molar-refractivity contribution in [3.63, 3.8) is 0 Å². The van der Waals surface area contributed by atoms with Gasteiger partial charge in [-0.15, -0.1) is 0 Å². The molecule has 3 N–H and O–H groups in total.